The molecule has 2 aliphatic rings. The molecule has 0 aliphatic carbocycles. The molecule has 1 atom stereocenters. The maximum atomic E-state index is 13.8. The Balaban J connectivity index is 1.03. The van der Waals surface area contributed by atoms with Gasteiger partial charge in [-0.2, -0.15) is 5.10 Å². The lowest BCUT2D eigenvalue weighted by molar-refractivity contribution is -0.140. The summed E-state index contributed by atoms with van der Waals surface area (Å²) in [6.07, 6.45) is 15.3. The van der Waals surface area contributed by atoms with E-state index >= 15 is 0 Å². The van der Waals surface area contributed by atoms with E-state index in [9.17, 15) is 48.9 Å². The van der Waals surface area contributed by atoms with Crippen molar-refractivity contribution in [2.75, 3.05) is 105 Å². The van der Waals surface area contributed by atoms with Crippen molar-refractivity contribution in [1.29, 1.82) is 0 Å². The van der Waals surface area contributed by atoms with Gasteiger partial charge >= 0.3 is 17.9 Å². The van der Waals surface area contributed by atoms with Gasteiger partial charge in [-0.25, -0.2) is 0 Å². The van der Waals surface area contributed by atoms with Crippen LogP contribution in [0.25, 0.3) is 10.9 Å². The second-order valence-corrected chi connectivity index (χ2v) is 22.1. The second-order valence-electron chi connectivity index (χ2n) is 20.8. The maximum absolute atomic E-state index is 13.8. The van der Waals surface area contributed by atoms with Crippen LogP contribution in [0.5, 0.6) is 5.75 Å². The molecule has 2 fully saturated rings. The number of carboxylic acid groups (broad SMARTS) is 3. The predicted molar refractivity (Wildman–Crippen MR) is 313 cm³/mol. The van der Waals surface area contributed by atoms with Crippen LogP contribution < -0.4 is 26.5 Å². The number of carbonyl (C=O) groups is 7. The second kappa shape index (κ2) is 36.4. The number of likely N-dealkylation sites (tertiary alicyclic amines) is 1. The maximum Gasteiger partial charge on any atom is 0.317 e. The van der Waals surface area contributed by atoms with E-state index in [-0.39, 0.29) is 83.2 Å². The molecule has 0 spiro atoms. The monoisotopic (exact) mass is 1230 g/mol. The average molecular weight is 1230 g/mol. The van der Waals surface area contributed by atoms with Gasteiger partial charge in [-0.1, -0.05) is 25.0 Å². The first kappa shape index (κ1) is 64.8. The molecular formula is C57H84IN11O11. The van der Waals surface area contributed by atoms with Gasteiger partial charge in [0.05, 0.1) is 43.9 Å². The number of aromatic nitrogens is 1. The Labute approximate surface area is 483 Å². The number of hydrazone groups is 1. The summed E-state index contributed by atoms with van der Waals surface area (Å²) in [5.41, 5.74) is 11.0. The molecule has 80 heavy (non-hydrogen) atoms. The SMILES string of the molecule is NC(=O)c1ccnc2ccc(OCCCCC3CCN(C(=O)CCCCC/C=N/N[C@H](CCCCNC(=O)CCCc4ccc(I)cc4)NC(=O)CN4CCN(CC(=O)O)CCN(CC(=O)O)CCN(CC(=O)O)CC4)CC3)cc12. The lowest BCUT2D eigenvalue weighted by Crippen LogP contribution is -2.51. The molecule has 440 valence electrons. The van der Waals surface area contributed by atoms with Crippen LogP contribution in [0.15, 0.2) is 59.8 Å². The molecule has 3 aromatic rings. The minimum Gasteiger partial charge on any atom is -0.494 e. The van der Waals surface area contributed by atoms with Crippen molar-refractivity contribution >= 4 is 81.2 Å². The molecule has 2 aliphatic heterocycles. The van der Waals surface area contributed by atoms with E-state index in [1.165, 1.54) is 9.13 Å². The molecular weight excluding hydrogens is 1140 g/mol. The molecule has 2 saturated heterocycles. The summed E-state index contributed by atoms with van der Waals surface area (Å²) in [6, 6.07) is 15.4. The molecule has 5 rings (SSSR count). The number of primary amides is 1. The Morgan fingerprint density at radius 2 is 1.32 bits per heavy atom. The number of hydrogen-bond donors (Lipinski definition) is 7. The highest BCUT2D eigenvalue weighted by Crippen LogP contribution is 2.25. The Kier molecular flexibility index (Phi) is 29.4. The normalized spacial score (nSPS) is 16.1. The number of halogens is 1. The van der Waals surface area contributed by atoms with E-state index < -0.39 is 30.0 Å². The summed E-state index contributed by atoms with van der Waals surface area (Å²) in [5.74, 6) is -2.45. The van der Waals surface area contributed by atoms with Crippen LogP contribution in [-0.4, -0.2) is 203 Å². The van der Waals surface area contributed by atoms with Crippen molar-refractivity contribution in [3.63, 3.8) is 0 Å². The highest BCUT2D eigenvalue weighted by Gasteiger charge is 2.24. The summed E-state index contributed by atoms with van der Waals surface area (Å²) < 4.78 is 7.15. The minimum atomic E-state index is -1.04. The Bertz CT molecular complexity index is 2430. The quantitative estimate of drug-likeness (QED) is 0.0145. The van der Waals surface area contributed by atoms with Gasteiger partial charge in [0.25, 0.3) is 0 Å². The van der Waals surface area contributed by atoms with Gasteiger partial charge in [0, 0.05) is 106 Å². The van der Waals surface area contributed by atoms with Gasteiger partial charge in [-0.15, -0.1) is 0 Å². The van der Waals surface area contributed by atoms with Crippen LogP contribution in [0.4, 0.5) is 0 Å². The largest absolute Gasteiger partial charge is 0.494 e. The van der Waals surface area contributed by atoms with Crippen LogP contribution in [-0.2, 0) is 35.2 Å². The van der Waals surface area contributed by atoms with Gasteiger partial charge in [-0.3, -0.25) is 63.6 Å². The van der Waals surface area contributed by atoms with E-state index in [1.54, 1.807) is 33.2 Å². The Morgan fingerprint density at radius 3 is 1.94 bits per heavy atom. The van der Waals surface area contributed by atoms with E-state index in [0.717, 1.165) is 77.3 Å². The third-order valence-electron chi connectivity index (χ3n) is 14.5. The molecule has 8 N–H and O–H groups in total. The van der Waals surface area contributed by atoms with Gasteiger partial charge in [0.15, 0.2) is 0 Å². The third-order valence-corrected chi connectivity index (χ3v) is 15.2. The number of nitrogens with two attached hydrogens (primary N) is 1. The molecule has 0 saturated carbocycles. The first-order valence-electron chi connectivity index (χ1n) is 28.3. The van der Waals surface area contributed by atoms with Gasteiger partial charge in [0.1, 0.15) is 11.9 Å². The molecule has 0 unspecified atom stereocenters. The summed E-state index contributed by atoms with van der Waals surface area (Å²) in [5, 5.41) is 40.0. The number of hydrogen-bond acceptors (Lipinski definition) is 15. The Hall–Kier alpha value is -6.02. The van der Waals surface area contributed by atoms with Crippen molar-refractivity contribution < 1.29 is 53.6 Å². The van der Waals surface area contributed by atoms with Crippen molar-refractivity contribution in [1.82, 2.24) is 45.5 Å². The van der Waals surface area contributed by atoms with Crippen LogP contribution >= 0.6 is 22.6 Å². The van der Waals surface area contributed by atoms with E-state index in [4.69, 9.17) is 10.5 Å². The standard InChI is InChI=1S/C57H84IN11O11/c58-45-17-15-43(16-18-45)11-9-13-51(70)61-24-7-4-12-50(63-52(71)39-65-29-31-66(40-54(73)74)33-35-68(42-56(77)78)36-34-67(32-30-65)41-55(75)76)64-62-25-6-2-1-3-14-53(72)69-27-22-44(23-28-69)10-5-8-37-80-46-19-20-49-48(38-46)47(57(59)79)21-26-60-49/h15-21,25-26,38,44,50,64H,1-14,22-24,27-37,39-42H2,(H2,59,79)(H,61,70)(H,63,71)(H,73,74)(H,75,76)(H,77,78)/b62-25+/t50-/m1/s1. The minimum absolute atomic E-state index is 0.00673. The zero-order valence-corrected chi connectivity index (χ0v) is 48.4. The number of nitrogens with zero attached hydrogens (tertiary/aromatic N) is 7. The number of carbonyl (C=O) groups excluding carboxylic acids is 4. The molecule has 0 radical (unpaired) electrons. The summed E-state index contributed by atoms with van der Waals surface area (Å²) in [6.45, 7) is 4.03. The van der Waals surface area contributed by atoms with Crippen LogP contribution in [0.1, 0.15) is 112 Å². The smallest absolute Gasteiger partial charge is 0.317 e. The zero-order valence-electron chi connectivity index (χ0n) is 46.2. The van der Waals surface area contributed by atoms with Crippen molar-refractivity contribution in [3.8, 4) is 5.75 Å². The van der Waals surface area contributed by atoms with E-state index in [2.05, 4.69) is 73.0 Å². The average Bonchev–Trinajstić information content (AvgIpc) is 3.42. The molecule has 23 heteroatoms. The molecule has 2 aromatic carbocycles. The number of amides is 4. The number of rotatable bonds is 33. The van der Waals surface area contributed by atoms with E-state index in [0.29, 0.717) is 92.9 Å². The molecule has 1 aromatic heterocycles. The predicted octanol–water partition coefficient (Wildman–Crippen LogP) is 4.48. The lowest BCUT2D eigenvalue weighted by Gasteiger charge is -2.33. The number of ether oxygens (including phenoxy) is 1. The number of piperidine rings is 1. The number of unbranched alkanes of at least 4 members (excludes halogenated alkanes) is 5. The molecule has 4 amide bonds. The van der Waals surface area contributed by atoms with Crippen LogP contribution in [0.2, 0.25) is 0 Å². The number of carboxylic acids is 3. The molecule has 3 heterocycles. The number of nitrogens with one attached hydrogen (secondary N) is 3. The number of pyridine rings is 1. The zero-order chi connectivity index (χ0) is 57.5. The van der Waals surface area contributed by atoms with Gasteiger partial charge < -0.3 is 41.3 Å². The number of fused-ring (bicyclic) bond motifs is 1. The summed E-state index contributed by atoms with van der Waals surface area (Å²) in [7, 11) is 0. The summed E-state index contributed by atoms with van der Waals surface area (Å²) in [4.78, 5) is 99.8. The fraction of sp³-hybridized carbons (Fsp3) is 0.596. The fourth-order valence-electron chi connectivity index (χ4n) is 9.97. The van der Waals surface area contributed by atoms with Crippen LogP contribution in [0.3, 0.4) is 0 Å². The number of aliphatic carboxylic acids is 3. The van der Waals surface area contributed by atoms with Crippen LogP contribution in [0, 0.1) is 9.49 Å². The van der Waals surface area contributed by atoms with Crippen molar-refractivity contribution in [2.24, 2.45) is 16.8 Å². The highest BCUT2D eigenvalue weighted by molar-refractivity contribution is 14.1. The third kappa shape index (κ3) is 26.1. The Morgan fingerprint density at radius 1 is 0.700 bits per heavy atom. The number of benzene rings is 2. The first-order valence-corrected chi connectivity index (χ1v) is 29.4. The topological polar surface area (TPSA) is 293 Å². The first-order chi connectivity index (χ1) is 38.6. The van der Waals surface area contributed by atoms with Gasteiger partial charge in [0.2, 0.25) is 23.6 Å². The van der Waals surface area contributed by atoms with Crippen molar-refractivity contribution in [2.45, 2.75) is 109 Å². The highest BCUT2D eigenvalue weighted by atomic mass is 127. The van der Waals surface area contributed by atoms with Gasteiger partial charge in [-0.05, 0) is 148 Å². The molecule has 22 nitrogen and oxygen atoms in total. The molecule has 0 bridgehead atoms. The van der Waals surface area contributed by atoms with Crippen molar-refractivity contribution in [3.05, 3.63) is 69.4 Å². The summed E-state index contributed by atoms with van der Waals surface area (Å²) >= 11 is 2.27. The lowest BCUT2D eigenvalue weighted by atomic mass is 9.91. The van der Waals surface area contributed by atoms with E-state index in [1.807, 2.05) is 28.0 Å². The number of aryl methyl sites for hydroxylation is 1. The fourth-order valence-corrected chi connectivity index (χ4v) is 10.3.